The SMILES string of the molecule is COc1ccc(C#C[Se]c2cccc3c(Cl)cccc23)cc1. The van der Waals surface area contributed by atoms with Crippen molar-refractivity contribution in [2.45, 2.75) is 0 Å². The molecule has 0 saturated heterocycles. The standard InChI is InChI=1S/C19H13ClOSe/c1-21-15-10-8-14(9-11-15)12-13-22-19-7-3-4-16-17(19)5-2-6-18(16)20/h2-11H,1H3. The fraction of sp³-hybridized carbons (Fsp3) is 0.0526. The minimum absolute atomic E-state index is 0.0874. The Balaban J connectivity index is 1.85. The second kappa shape index (κ2) is 6.90. The first-order valence-corrected chi connectivity index (χ1v) is 8.86. The van der Waals surface area contributed by atoms with Crippen molar-refractivity contribution in [3.63, 3.8) is 0 Å². The van der Waals surface area contributed by atoms with Crippen molar-refractivity contribution in [3.05, 3.63) is 71.2 Å². The van der Waals surface area contributed by atoms with Gasteiger partial charge in [0, 0.05) is 0 Å². The number of rotatable bonds is 2. The van der Waals surface area contributed by atoms with Crippen LogP contribution < -0.4 is 9.20 Å². The van der Waals surface area contributed by atoms with E-state index in [0.29, 0.717) is 0 Å². The van der Waals surface area contributed by atoms with Crippen LogP contribution in [0.4, 0.5) is 0 Å². The molecule has 0 amide bonds. The summed E-state index contributed by atoms with van der Waals surface area (Å²) in [6.07, 6.45) is 0. The van der Waals surface area contributed by atoms with Gasteiger partial charge in [-0.15, -0.1) is 0 Å². The molecule has 0 saturated carbocycles. The number of benzene rings is 3. The van der Waals surface area contributed by atoms with E-state index in [9.17, 15) is 0 Å². The van der Waals surface area contributed by atoms with E-state index < -0.39 is 0 Å². The summed E-state index contributed by atoms with van der Waals surface area (Å²) < 4.78 is 6.40. The van der Waals surface area contributed by atoms with Crippen LogP contribution in [0.25, 0.3) is 10.8 Å². The molecule has 0 fully saturated rings. The van der Waals surface area contributed by atoms with Crippen LogP contribution in [-0.4, -0.2) is 22.1 Å². The molecule has 0 aliphatic carbocycles. The average Bonchev–Trinajstić information content (AvgIpc) is 2.56. The first-order valence-electron chi connectivity index (χ1n) is 6.77. The van der Waals surface area contributed by atoms with E-state index in [-0.39, 0.29) is 15.0 Å². The first-order chi connectivity index (χ1) is 10.8. The molecule has 0 bridgehead atoms. The maximum absolute atomic E-state index is 6.25. The van der Waals surface area contributed by atoms with E-state index in [1.54, 1.807) is 7.11 Å². The molecule has 3 heteroatoms. The molecule has 0 N–H and O–H groups in total. The molecule has 22 heavy (non-hydrogen) atoms. The molecular weight excluding hydrogens is 359 g/mol. The fourth-order valence-corrected chi connectivity index (χ4v) is 3.88. The molecule has 0 aromatic heterocycles. The van der Waals surface area contributed by atoms with E-state index in [2.05, 4.69) is 22.9 Å². The minimum atomic E-state index is 0.0874. The van der Waals surface area contributed by atoms with Gasteiger partial charge in [-0.2, -0.15) is 0 Å². The molecule has 0 heterocycles. The summed E-state index contributed by atoms with van der Waals surface area (Å²) in [6.45, 7) is 0. The van der Waals surface area contributed by atoms with Crippen molar-refractivity contribution in [3.8, 4) is 16.5 Å². The van der Waals surface area contributed by atoms with Crippen molar-refractivity contribution in [2.75, 3.05) is 7.11 Å². The quantitative estimate of drug-likeness (QED) is 0.491. The van der Waals surface area contributed by atoms with Crippen LogP contribution in [-0.2, 0) is 0 Å². The Kier molecular flexibility index (Phi) is 4.71. The summed E-state index contributed by atoms with van der Waals surface area (Å²) in [4.78, 5) is 3.30. The molecule has 0 aliphatic rings. The van der Waals surface area contributed by atoms with Gasteiger partial charge in [0.2, 0.25) is 0 Å². The predicted molar refractivity (Wildman–Crippen MR) is 94.2 cm³/mol. The van der Waals surface area contributed by atoms with Crippen LogP contribution in [0.5, 0.6) is 5.75 Å². The average molecular weight is 372 g/mol. The summed E-state index contributed by atoms with van der Waals surface area (Å²) >= 11 is 6.33. The molecule has 0 spiro atoms. The second-order valence-corrected chi connectivity index (χ2v) is 6.84. The zero-order valence-electron chi connectivity index (χ0n) is 12.0. The van der Waals surface area contributed by atoms with Crippen molar-refractivity contribution in [1.82, 2.24) is 0 Å². The van der Waals surface area contributed by atoms with Crippen LogP contribution in [0.15, 0.2) is 60.7 Å². The van der Waals surface area contributed by atoms with Gasteiger partial charge in [0.1, 0.15) is 0 Å². The zero-order chi connectivity index (χ0) is 15.4. The number of methoxy groups -OCH3 is 1. The molecule has 0 radical (unpaired) electrons. The normalized spacial score (nSPS) is 10.1. The number of fused-ring (bicyclic) bond motifs is 1. The van der Waals surface area contributed by atoms with Crippen LogP contribution in [0.3, 0.4) is 0 Å². The molecule has 3 rings (SSSR count). The van der Waals surface area contributed by atoms with Gasteiger partial charge in [0.25, 0.3) is 0 Å². The molecule has 0 atom stereocenters. The molecule has 3 aromatic carbocycles. The van der Waals surface area contributed by atoms with Gasteiger partial charge >= 0.3 is 141 Å². The van der Waals surface area contributed by atoms with Crippen molar-refractivity contribution in [1.29, 1.82) is 0 Å². The second-order valence-electron chi connectivity index (χ2n) is 4.65. The monoisotopic (exact) mass is 372 g/mol. The van der Waals surface area contributed by atoms with E-state index in [4.69, 9.17) is 16.3 Å². The Morgan fingerprint density at radius 3 is 2.41 bits per heavy atom. The summed E-state index contributed by atoms with van der Waals surface area (Å²) in [5.74, 6) is 4.06. The van der Waals surface area contributed by atoms with Crippen LogP contribution in [0.1, 0.15) is 5.56 Å². The van der Waals surface area contributed by atoms with Crippen molar-refractivity contribution >= 4 is 41.8 Å². The van der Waals surface area contributed by atoms with Gasteiger partial charge in [-0.1, -0.05) is 0 Å². The number of halogens is 1. The number of hydrogen-bond acceptors (Lipinski definition) is 1. The van der Waals surface area contributed by atoms with Crippen molar-refractivity contribution < 1.29 is 4.74 Å². The third-order valence-corrected chi connectivity index (χ3v) is 5.24. The zero-order valence-corrected chi connectivity index (χ0v) is 14.4. The van der Waals surface area contributed by atoms with Crippen LogP contribution in [0.2, 0.25) is 5.02 Å². The van der Waals surface area contributed by atoms with E-state index in [1.165, 1.54) is 9.85 Å². The van der Waals surface area contributed by atoms with E-state index in [0.717, 1.165) is 21.7 Å². The van der Waals surface area contributed by atoms with Gasteiger partial charge in [-0.05, 0) is 0 Å². The van der Waals surface area contributed by atoms with Crippen LogP contribution >= 0.6 is 11.6 Å². The molecular formula is C19H13ClOSe. The number of ether oxygens (including phenoxy) is 1. The molecule has 3 aromatic rings. The number of hydrogen-bond donors (Lipinski definition) is 0. The summed E-state index contributed by atoms with van der Waals surface area (Å²) in [6, 6.07) is 20.0. The first kappa shape index (κ1) is 15.0. The summed E-state index contributed by atoms with van der Waals surface area (Å²) in [5, 5.41) is 3.08. The Morgan fingerprint density at radius 1 is 0.909 bits per heavy atom. The van der Waals surface area contributed by atoms with Crippen LogP contribution in [0, 0.1) is 10.7 Å². The third kappa shape index (κ3) is 3.29. The Hall–Kier alpha value is -1.91. The molecule has 0 unspecified atom stereocenters. The predicted octanol–water partition coefficient (Wildman–Crippen LogP) is 3.84. The fourth-order valence-electron chi connectivity index (χ4n) is 2.15. The van der Waals surface area contributed by atoms with Gasteiger partial charge in [0.05, 0.1) is 0 Å². The Labute approximate surface area is 141 Å². The summed E-state index contributed by atoms with van der Waals surface area (Å²) in [5.41, 5.74) is 1.00. The summed E-state index contributed by atoms with van der Waals surface area (Å²) in [7, 11) is 1.66. The third-order valence-electron chi connectivity index (χ3n) is 3.28. The molecule has 0 aliphatic heterocycles. The molecule has 108 valence electrons. The molecule has 1 nitrogen and oxygen atoms in total. The van der Waals surface area contributed by atoms with E-state index >= 15 is 0 Å². The van der Waals surface area contributed by atoms with Gasteiger partial charge in [-0.25, -0.2) is 0 Å². The Bertz CT molecular complexity index is 860. The Morgan fingerprint density at radius 2 is 1.64 bits per heavy atom. The van der Waals surface area contributed by atoms with Gasteiger partial charge in [0.15, 0.2) is 0 Å². The topological polar surface area (TPSA) is 9.23 Å². The van der Waals surface area contributed by atoms with E-state index in [1.807, 2.05) is 48.5 Å². The van der Waals surface area contributed by atoms with Gasteiger partial charge in [-0.3, -0.25) is 0 Å². The van der Waals surface area contributed by atoms with Gasteiger partial charge < -0.3 is 0 Å². The maximum atomic E-state index is 6.25. The van der Waals surface area contributed by atoms with Crippen molar-refractivity contribution in [2.24, 2.45) is 0 Å².